The Balaban J connectivity index is 2.87. The molecule has 1 rings (SSSR count). The smallest absolute Gasteiger partial charge is 0.165 e. The molecule has 0 aromatic heterocycles. The van der Waals surface area contributed by atoms with Crippen LogP contribution in [0.3, 0.4) is 0 Å². The van der Waals surface area contributed by atoms with Crippen molar-refractivity contribution in [1.29, 1.82) is 0 Å². The summed E-state index contributed by atoms with van der Waals surface area (Å²) in [6.07, 6.45) is 0. The summed E-state index contributed by atoms with van der Waals surface area (Å²) in [4.78, 5) is 11.5. The molecular weight excluding hydrogens is 160 g/mol. The minimum atomic E-state index is 0.0210. The zero-order valence-electron chi connectivity index (χ0n) is 8.08. The van der Waals surface area contributed by atoms with Crippen LogP contribution < -0.4 is 0 Å². The Hall–Kier alpha value is -1.37. The first-order valence-corrected chi connectivity index (χ1v) is 4.41. The standard InChI is InChI=1S/C12H14O/c1-9(2)12(13)10(3)11-7-5-4-6-8-11/h4-9H,3H2,1-2H3. The molecule has 1 aromatic carbocycles. The van der Waals surface area contributed by atoms with Crippen LogP contribution in [0.25, 0.3) is 5.57 Å². The molecule has 0 saturated heterocycles. The monoisotopic (exact) mass is 174 g/mol. The molecule has 13 heavy (non-hydrogen) atoms. The van der Waals surface area contributed by atoms with Crippen molar-refractivity contribution in [3.8, 4) is 0 Å². The molecular formula is C12H14O. The van der Waals surface area contributed by atoms with Gasteiger partial charge in [0, 0.05) is 11.5 Å². The lowest BCUT2D eigenvalue weighted by atomic mass is 9.96. The maximum Gasteiger partial charge on any atom is 0.165 e. The fourth-order valence-electron chi connectivity index (χ4n) is 1.13. The average molecular weight is 174 g/mol. The summed E-state index contributed by atoms with van der Waals surface area (Å²) in [7, 11) is 0. The van der Waals surface area contributed by atoms with Gasteiger partial charge in [0.25, 0.3) is 0 Å². The molecule has 0 aliphatic heterocycles. The quantitative estimate of drug-likeness (QED) is 0.644. The van der Waals surface area contributed by atoms with Gasteiger partial charge in [-0.1, -0.05) is 50.8 Å². The lowest BCUT2D eigenvalue weighted by molar-refractivity contribution is -0.116. The number of benzene rings is 1. The molecule has 0 radical (unpaired) electrons. The van der Waals surface area contributed by atoms with Crippen molar-refractivity contribution in [3.63, 3.8) is 0 Å². The normalized spacial score (nSPS) is 10.1. The van der Waals surface area contributed by atoms with Gasteiger partial charge in [-0.3, -0.25) is 4.79 Å². The summed E-state index contributed by atoms with van der Waals surface area (Å²) in [5.74, 6) is 0.138. The topological polar surface area (TPSA) is 17.1 Å². The van der Waals surface area contributed by atoms with Gasteiger partial charge in [0.15, 0.2) is 5.78 Å². The van der Waals surface area contributed by atoms with Crippen molar-refractivity contribution in [2.24, 2.45) is 5.92 Å². The number of rotatable bonds is 3. The third kappa shape index (κ3) is 2.28. The average Bonchev–Trinajstić information content (AvgIpc) is 2.17. The first-order chi connectivity index (χ1) is 6.13. The van der Waals surface area contributed by atoms with Crippen LogP contribution >= 0.6 is 0 Å². The van der Waals surface area contributed by atoms with Crippen molar-refractivity contribution in [2.75, 3.05) is 0 Å². The van der Waals surface area contributed by atoms with Gasteiger partial charge in [-0.05, 0) is 5.56 Å². The van der Waals surface area contributed by atoms with E-state index in [2.05, 4.69) is 6.58 Å². The second kappa shape index (κ2) is 4.04. The van der Waals surface area contributed by atoms with Crippen molar-refractivity contribution in [1.82, 2.24) is 0 Å². The van der Waals surface area contributed by atoms with Crippen LogP contribution in [-0.2, 0) is 4.79 Å². The van der Waals surface area contributed by atoms with Crippen LogP contribution in [0.5, 0.6) is 0 Å². The highest BCUT2D eigenvalue weighted by atomic mass is 16.1. The highest BCUT2D eigenvalue weighted by Gasteiger charge is 2.12. The summed E-state index contributed by atoms with van der Waals surface area (Å²) in [5, 5.41) is 0. The Bertz CT molecular complexity index is 309. The molecule has 1 aromatic rings. The predicted octanol–water partition coefficient (Wildman–Crippen LogP) is 2.92. The van der Waals surface area contributed by atoms with Crippen LogP contribution in [0, 0.1) is 5.92 Å². The van der Waals surface area contributed by atoms with Crippen molar-refractivity contribution in [3.05, 3.63) is 42.5 Å². The van der Waals surface area contributed by atoms with Gasteiger partial charge < -0.3 is 0 Å². The molecule has 0 heterocycles. The fourth-order valence-corrected chi connectivity index (χ4v) is 1.13. The second-order valence-electron chi connectivity index (χ2n) is 3.36. The van der Waals surface area contributed by atoms with E-state index >= 15 is 0 Å². The van der Waals surface area contributed by atoms with Gasteiger partial charge in [0.2, 0.25) is 0 Å². The van der Waals surface area contributed by atoms with E-state index < -0.39 is 0 Å². The van der Waals surface area contributed by atoms with E-state index in [0.717, 1.165) is 5.56 Å². The minimum absolute atomic E-state index is 0.0210. The van der Waals surface area contributed by atoms with Crippen LogP contribution in [-0.4, -0.2) is 5.78 Å². The molecule has 1 nitrogen and oxygen atoms in total. The fraction of sp³-hybridized carbons (Fsp3) is 0.250. The molecule has 68 valence electrons. The van der Waals surface area contributed by atoms with Crippen LogP contribution in [0.2, 0.25) is 0 Å². The minimum Gasteiger partial charge on any atom is -0.294 e. The number of allylic oxidation sites excluding steroid dienone is 1. The van der Waals surface area contributed by atoms with Gasteiger partial charge in [-0.25, -0.2) is 0 Å². The molecule has 0 aliphatic carbocycles. The first-order valence-electron chi connectivity index (χ1n) is 4.41. The SMILES string of the molecule is C=C(C(=O)C(C)C)c1ccccc1. The van der Waals surface area contributed by atoms with E-state index in [-0.39, 0.29) is 11.7 Å². The number of ketones is 1. The molecule has 0 unspecified atom stereocenters. The third-order valence-electron chi connectivity index (χ3n) is 1.94. The number of carbonyl (C=O) groups excluding carboxylic acids is 1. The highest BCUT2D eigenvalue weighted by Crippen LogP contribution is 2.16. The van der Waals surface area contributed by atoms with E-state index in [1.165, 1.54) is 0 Å². The zero-order chi connectivity index (χ0) is 9.84. The molecule has 1 heteroatoms. The lowest BCUT2D eigenvalue weighted by Gasteiger charge is -2.06. The van der Waals surface area contributed by atoms with E-state index in [9.17, 15) is 4.79 Å². The molecule has 0 atom stereocenters. The predicted molar refractivity (Wildman–Crippen MR) is 55.3 cm³/mol. The Labute approximate surface area is 79.1 Å². The second-order valence-corrected chi connectivity index (χ2v) is 3.36. The van der Waals surface area contributed by atoms with Gasteiger partial charge in [-0.2, -0.15) is 0 Å². The van der Waals surface area contributed by atoms with Crippen molar-refractivity contribution < 1.29 is 4.79 Å². The van der Waals surface area contributed by atoms with E-state index in [4.69, 9.17) is 0 Å². The number of hydrogen-bond acceptors (Lipinski definition) is 1. The Kier molecular flexibility index (Phi) is 3.02. The molecule has 0 spiro atoms. The zero-order valence-corrected chi connectivity index (χ0v) is 8.08. The van der Waals surface area contributed by atoms with E-state index in [1.54, 1.807) is 0 Å². The number of Topliss-reactive ketones (excluding diaryl/α,β-unsaturated/α-hetero) is 1. The summed E-state index contributed by atoms with van der Waals surface area (Å²) >= 11 is 0. The van der Waals surface area contributed by atoms with Gasteiger partial charge >= 0.3 is 0 Å². The summed E-state index contributed by atoms with van der Waals surface area (Å²) in [6, 6.07) is 9.56. The largest absolute Gasteiger partial charge is 0.294 e. The molecule has 0 amide bonds. The molecule has 0 N–H and O–H groups in total. The van der Waals surface area contributed by atoms with Crippen LogP contribution in [0.15, 0.2) is 36.9 Å². The van der Waals surface area contributed by atoms with Crippen LogP contribution in [0.1, 0.15) is 19.4 Å². The number of carbonyl (C=O) groups is 1. The maximum atomic E-state index is 11.5. The van der Waals surface area contributed by atoms with Gasteiger partial charge in [0.05, 0.1) is 0 Å². The maximum absolute atomic E-state index is 11.5. The molecule has 0 saturated carbocycles. The van der Waals surface area contributed by atoms with E-state index in [0.29, 0.717) is 5.57 Å². The highest BCUT2D eigenvalue weighted by molar-refractivity contribution is 6.20. The Morgan fingerprint density at radius 3 is 2.23 bits per heavy atom. The molecule has 0 fully saturated rings. The Morgan fingerprint density at radius 2 is 1.77 bits per heavy atom. The third-order valence-corrected chi connectivity index (χ3v) is 1.94. The Morgan fingerprint density at radius 1 is 1.23 bits per heavy atom. The number of hydrogen-bond donors (Lipinski definition) is 0. The van der Waals surface area contributed by atoms with Crippen molar-refractivity contribution >= 4 is 11.4 Å². The van der Waals surface area contributed by atoms with Gasteiger partial charge in [-0.15, -0.1) is 0 Å². The molecule has 0 bridgehead atoms. The van der Waals surface area contributed by atoms with Crippen LogP contribution in [0.4, 0.5) is 0 Å². The van der Waals surface area contributed by atoms with Crippen molar-refractivity contribution in [2.45, 2.75) is 13.8 Å². The molecule has 0 aliphatic rings. The summed E-state index contributed by atoms with van der Waals surface area (Å²) in [6.45, 7) is 7.57. The van der Waals surface area contributed by atoms with E-state index in [1.807, 2.05) is 44.2 Å². The first kappa shape index (κ1) is 9.72. The lowest BCUT2D eigenvalue weighted by Crippen LogP contribution is -2.08. The summed E-state index contributed by atoms with van der Waals surface area (Å²) in [5.41, 5.74) is 1.52. The van der Waals surface area contributed by atoms with Gasteiger partial charge in [0.1, 0.15) is 0 Å². The summed E-state index contributed by atoms with van der Waals surface area (Å²) < 4.78 is 0.